The molecule has 1 fully saturated rings. The van der Waals surface area contributed by atoms with Gasteiger partial charge in [0, 0.05) is 48.5 Å². The lowest BCUT2D eigenvalue weighted by Gasteiger charge is -2.25. The van der Waals surface area contributed by atoms with Crippen molar-refractivity contribution in [1.29, 1.82) is 0 Å². The molecule has 0 amide bonds. The van der Waals surface area contributed by atoms with Gasteiger partial charge >= 0.3 is 0 Å². The van der Waals surface area contributed by atoms with Crippen molar-refractivity contribution in [2.75, 3.05) is 30.3 Å². The maximum atomic E-state index is 4.68. The summed E-state index contributed by atoms with van der Waals surface area (Å²) < 4.78 is 0. The third-order valence-corrected chi connectivity index (χ3v) is 7.68. The van der Waals surface area contributed by atoms with Crippen molar-refractivity contribution in [1.82, 2.24) is 4.90 Å². The van der Waals surface area contributed by atoms with Gasteiger partial charge < -0.3 is 9.80 Å². The van der Waals surface area contributed by atoms with Gasteiger partial charge in [-0.25, -0.2) is 0 Å². The average Bonchev–Trinajstić information content (AvgIpc) is 3.26. The highest BCUT2D eigenvalue weighted by Gasteiger charge is 2.24. The molecule has 0 spiro atoms. The SMILES string of the molecule is C=C1/C=C\C=C/CCN(c2cccc(CC/C=C/C3CCC(=C)N3CCSC(C)=N/C(C)=C\CC)c2)C1. The second kappa shape index (κ2) is 15.5. The number of nitrogens with zero attached hydrogens (tertiary/aromatic N) is 3. The van der Waals surface area contributed by atoms with Crippen molar-refractivity contribution in [3.05, 3.63) is 102 Å². The van der Waals surface area contributed by atoms with E-state index in [0.29, 0.717) is 6.04 Å². The van der Waals surface area contributed by atoms with Crippen LogP contribution in [-0.2, 0) is 6.42 Å². The van der Waals surface area contributed by atoms with E-state index in [0.717, 1.165) is 73.8 Å². The number of rotatable bonds is 10. The monoisotopic (exact) mass is 515 g/mol. The van der Waals surface area contributed by atoms with Gasteiger partial charge in [0.05, 0.1) is 5.04 Å². The summed E-state index contributed by atoms with van der Waals surface area (Å²) in [6.07, 6.45) is 22.0. The van der Waals surface area contributed by atoms with Crippen LogP contribution in [-0.4, -0.2) is 41.4 Å². The Hall–Kier alpha value is -2.72. The summed E-state index contributed by atoms with van der Waals surface area (Å²) in [6, 6.07) is 9.50. The van der Waals surface area contributed by atoms with Crippen LogP contribution in [0, 0.1) is 0 Å². The van der Waals surface area contributed by atoms with Gasteiger partial charge in [-0.05, 0) is 75.6 Å². The zero-order valence-corrected chi connectivity index (χ0v) is 24.0. The van der Waals surface area contributed by atoms with Gasteiger partial charge in [-0.2, -0.15) is 0 Å². The Kier molecular flexibility index (Phi) is 12.1. The van der Waals surface area contributed by atoms with Gasteiger partial charge in [0.25, 0.3) is 0 Å². The maximum Gasteiger partial charge on any atom is 0.0704 e. The molecular formula is C33H45N3S. The average molecular weight is 516 g/mol. The number of aliphatic imine (C=N–C) groups is 1. The summed E-state index contributed by atoms with van der Waals surface area (Å²) in [7, 11) is 0. The van der Waals surface area contributed by atoms with Crippen molar-refractivity contribution in [2.24, 2.45) is 4.99 Å². The molecule has 1 aromatic carbocycles. The fraction of sp³-hybridized carbons (Fsp3) is 0.424. The molecule has 1 saturated heterocycles. The highest BCUT2D eigenvalue weighted by atomic mass is 32.2. The van der Waals surface area contributed by atoms with Crippen molar-refractivity contribution >= 4 is 22.5 Å². The van der Waals surface area contributed by atoms with Crippen LogP contribution in [0.2, 0.25) is 0 Å². The Balaban J connectivity index is 1.50. The zero-order valence-electron chi connectivity index (χ0n) is 23.2. The Bertz CT molecular complexity index is 1060. The van der Waals surface area contributed by atoms with Gasteiger partial charge in [0.1, 0.15) is 0 Å². The first kappa shape index (κ1) is 28.8. The van der Waals surface area contributed by atoms with E-state index in [9.17, 15) is 0 Å². The molecule has 37 heavy (non-hydrogen) atoms. The molecule has 4 heteroatoms. The molecule has 198 valence electrons. The van der Waals surface area contributed by atoms with E-state index in [4.69, 9.17) is 0 Å². The van der Waals surface area contributed by atoms with Crippen LogP contribution in [0.1, 0.15) is 58.4 Å². The third-order valence-electron chi connectivity index (χ3n) is 6.78. The van der Waals surface area contributed by atoms with E-state index in [1.165, 1.54) is 23.4 Å². The molecule has 2 aliphatic rings. The maximum absolute atomic E-state index is 4.68. The molecular weight excluding hydrogens is 470 g/mol. The molecule has 0 aromatic heterocycles. The Morgan fingerprint density at radius 1 is 1.22 bits per heavy atom. The van der Waals surface area contributed by atoms with E-state index in [1.807, 2.05) is 11.8 Å². The van der Waals surface area contributed by atoms with Gasteiger partial charge in [-0.1, -0.05) is 74.7 Å². The summed E-state index contributed by atoms with van der Waals surface area (Å²) >= 11 is 1.85. The minimum absolute atomic E-state index is 0.468. The fourth-order valence-corrected chi connectivity index (χ4v) is 5.68. The lowest BCUT2D eigenvalue weighted by molar-refractivity contribution is 0.357. The lowest BCUT2D eigenvalue weighted by atomic mass is 10.1. The zero-order chi connectivity index (χ0) is 26.5. The topological polar surface area (TPSA) is 18.8 Å². The number of hydrogen-bond donors (Lipinski definition) is 0. The number of allylic oxidation sites excluding steroid dienone is 6. The first-order chi connectivity index (χ1) is 18.0. The van der Waals surface area contributed by atoms with E-state index in [2.05, 4.69) is 116 Å². The first-order valence-electron chi connectivity index (χ1n) is 13.8. The highest BCUT2D eigenvalue weighted by molar-refractivity contribution is 8.13. The summed E-state index contributed by atoms with van der Waals surface area (Å²) in [5.41, 5.74) is 6.22. The number of thioether (sulfide) groups is 1. The van der Waals surface area contributed by atoms with E-state index >= 15 is 0 Å². The summed E-state index contributed by atoms with van der Waals surface area (Å²) in [6.45, 7) is 17.8. The van der Waals surface area contributed by atoms with Crippen LogP contribution < -0.4 is 4.90 Å². The van der Waals surface area contributed by atoms with Gasteiger partial charge in [0.2, 0.25) is 0 Å². The van der Waals surface area contributed by atoms with E-state index < -0.39 is 0 Å². The van der Waals surface area contributed by atoms with Crippen molar-refractivity contribution in [2.45, 2.75) is 65.3 Å². The van der Waals surface area contributed by atoms with Gasteiger partial charge in [-0.15, -0.1) is 11.8 Å². The molecule has 0 bridgehead atoms. The van der Waals surface area contributed by atoms with Crippen molar-refractivity contribution in [3.8, 4) is 0 Å². The van der Waals surface area contributed by atoms with Crippen LogP contribution in [0.4, 0.5) is 5.69 Å². The molecule has 0 aliphatic carbocycles. The van der Waals surface area contributed by atoms with Gasteiger partial charge in [0.15, 0.2) is 0 Å². The molecule has 3 nitrogen and oxygen atoms in total. The van der Waals surface area contributed by atoms with E-state index in [-0.39, 0.29) is 0 Å². The summed E-state index contributed by atoms with van der Waals surface area (Å²) in [4.78, 5) is 9.62. The molecule has 2 aliphatic heterocycles. The van der Waals surface area contributed by atoms with Crippen LogP contribution in [0.3, 0.4) is 0 Å². The second-order valence-corrected chi connectivity index (χ2v) is 11.2. The number of anilines is 1. The van der Waals surface area contributed by atoms with Crippen LogP contribution >= 0.6 is 11.8 Å². The Morgan fingerprint density at radius 3 is 2.92 bits per heavy atom. The normalized spacial score (nSPS) is 21.3. The number of aryl methyl sites for hydroxylation is 1. The first-order valence-corrected chi connectivity index (χ1v) is 14.8. The smallest absolute Gasteiger partial charge is 0.0704 e. The fourth-order valence-electron chi connectivity index (χ4n) is 4.89. The molecule has 0 radical (unpaired) electrons. The largest absolute Gasteiger partial charge is 0.368 e. The molecule has 0 N–H and O–H groups in total. The van der Waals surface area contributed by atoms with Crippen molar-refractivity contribution < 1.29 is 0 Å². The van der Waals surface area contributed by atoms with Crippen LogP contribution in [0.15, 0.2) is 102 Å². The lowest BCUT2D eigenvalue weighted by Crippen LogP contribution is -2.28. The standard InChI is InChI=1S/C33H45N3S/c1-6-14-28(3)34-30(5)37-24-23-36-29(4)20-21-32(36)18-11-10-16-31-17-13-19-33(25-31)35-22-12-8-7-9-15-27(2)26-35/h7-9,11,13-15,17-19,25,32H,2,4,6,10,12,16,20-24,26H2,1,3,5H3/b8-7-,15-9-,18-11+,28-14-,34-30?. The Morgan fingerprint density at radius 2 is 2.08 bits per heavy atom. The minimum Gasteiger partial charge on any atom is -0.368 e. The van der Waals surface area contributed by atoms with Crippen LogP contribution in [0.5, 0.6) is 0 Å². The quantitative estimate of drug-likeness (QED) is 0.177. The van der Waals surface area contributed by atoms with E-state index in [1.54, 1.807) is 0 Å². The summed E-state index contributed by atoms with van der Waals surface area (Å²) in [5.74, 6) is 1.04. The van der Waals surface area contributed by atoms with Crippen molar-refractivity contribution in [3.63, 3.8) is 0 Å². The van der Waals surface area contributed by atoms with Gasteiger partial charge in [-0.3, -0.25) is 4.99 Å². The predicted molar refractivity (Wildman–Crippen MR) is 167 cm³/mol. The Labute approximate surface area is 230 Å². The number of likely N-dealkylation sites (tertiary alicyclic amines) is 1. The number of benzene rings is 1. The highest BCUT2D eigenvalue weighted by Crippen LogP contribution is 2.28. The predicted octanol–water partition coefficient (Wildman–Crippen LogP) is 8.50. The molecule has 1 aromatic rings. The molecule has 1 unspecified atom stereocenters. The molecule has 2 heterocycles. The van der Waals surface area contributed by atoms with Crippen LogP contribution in [0.25, 0.3) is 0 Å². The summed E-state index contributed by atoms with van der Waals surface area (Å²) in [5, 5.41) is 1.14. The number of hydrogen-bond acceptors (Lipinski definition) is 4. The second-order valence-electron chi connectivity index (χ2n) is 9.89. The third kappa shape index (κ3) is 9.92. The minimum atomic E-state index is 0.468. The molecule has 1 atom stereocenters. The molecule has 3 rings (SSSR count). The molecule has 0 saturated carbocycles.